The third-order valence-electron chi connectivity index (χ3n) is 4.13. The van der Waals surface area contributed by atoms with Crippen LogP contribution in [-0.4, -0.2) is 27.7 Å². The third-order valence-corrected chi connectivity index (χ3v) is 5.01. The summed E-state index contributed by atoms with van der Waals surface area (Å²) < 4.78 is 0. The maximum absolute atomic E-state index is 12.0. The molecule has 0 aromatic carbocycles. The third kappa shape index (κ3) is 4.49. The monoisotopic (exact) mass is 310 g/mol. The highest BCUT2D eigenvalue weighted by Crippen LogP contribution is 2.29. The van der Waals surface area contributed by atoms with Crippen LogP contribution in [0.25, 0.3) is 0 Å². The summed E-state index contributed by atoms with van der Waals surface area (Å²) in [6.07, 6.45) is 3.43. The lowest BCUT2D eigenvalue weighted by Gasteiger charge is -2.34. The van der Waals surface area contributed by atoms with Crippen LogP contribution in [0.1, 0.15) is 33.1 Å². The molecule has 4 N–H and O–H groups in total. The first-order valence-corrected chi connectivity index (χ1v) is 8.23. The van der Waals surface area contributed by atoms with Crippen molar-refractivity contribution in [3.8, 4) is 0 Å². The molecule has 1 aromatic rings. The second-order valence-corrected chi connectivity index (χ2v) is 6.67. The highest BCUT2D eigenvalue weighted by Gasteiger charge is 2.27. The van der Waals surface area contributed by atoms with E-state index in [1.165, 1.54) is 24.2 Å². The zero-order valence-corrected chi connectivity index (χ0v) is 13.2. The maximum Gasteiger partial charge on any atom is 0.253 e. The lowest BCUT2D eigenvalue weighted by molar-refractivity contribution is -0.120. The van der Waals surface area contributed by atoms with E-state index in [-0.39, 0.29) is 29.1 Å². The van der Waals surface area contributed by atoms with Crippen LogP contribution in [0.5, 0.6) is 0 Å². The van der Waals surface area contributed by atoms with Gasteiger partial charge in [0.25, 0.3) is 5.56 Å². The molecule has 1 aromatic heterocycles. The van der Waals surface area contributed by atoms with E-state index in [2.05, 4.69) is 29.1 Å². The topological polar surface area (TPSA) is 101 Å². The van der Waals surface area contributed by atoms with Gasteiger partial charge >= 0.3 is 0 Å². The predicted molar refractivity (Wildman–Crippen MR) is 84.1 cm³/mol. The number of thioether (sulfide) groups is 1. The fraction of sp³-hybridized carbons (Fsp3) is 0.643. The Morgan fingerprint density at radius 3 is 3.00 bits per heavy atom. The molecule has 1 heterocycles. The van der Waals surface area contributed by atoms with Gasteiger partial charge in [0.1, 0.15) is 5.82 Å². The van der Waals surface area contributed by atoms with E-state index in [0.717, 1.165) is 12.8 Å². The number of rotatable bonds is 4. The molecule has 0 spiro atoms. The lowest BCUT2D eigenvalue weighted by atomic mass is 9.78. The highest BCUT2D eigenvalue weighted by atomic mass is 32.2. The summed E-state index contributed by atoms with van der Waals surface area (Å²) in [5.74, 6) is 1.50. The number of hydrogen-bond acceptors (Lipinski definition) is 5. The molecule has 1 saturated carbocycles. The van der Waals surface area contributed by atoms with E-state index in [4.69, 9.17) is 5.73 Å². The van der Waals surface area contributed by atoms with Crippen molar-refractivity contribution in [1.82, 2.24) is 15.3 Å². The van der Waals surface area contributed by atoms with Gasteiger partial charge in [0.05, 0.1) is 5.75 Å². The Morgan fingerprint density at radius 1 is 1.52 bits per heavy atom. The number of nitrogens with two attached hydrogens (primary N) is 1. The molecule has 0 unspecified atom stereocenters. The summed E-state index contributed by atoms with van der Waals surface area (Å²) in [5, 5.41) is 3.46. The van der Waals surface area contributed by atoms with E-state index in [0.29, 0.717) is 17.0 Å². The lowest BCUT2D eigenvalue weighted by Crippen LogP contribution is -2.44. The second-order valence-electron chi connectivity index (χ2n) is 5.71. The Labute approximate surface area is 128 Å². The summed E-state index contributed by atoms with van der Waals surface area (Å²) in [4.78, 5) is 29.8. The number of aromatic amines is 1. The molecule has 0 radical (unpaired) electrons. The van der Waals surface area contributed by atoms with Crippen LogP contribution in [0, 0.1) is 11.8 Å². The summed E-state index contributed by atoms with van der Waals surface area (Å²) in [7, 11) is 0. The normalized spacial score (nSPS) is 25.5. The molecule has 6 nitrogen and oxygen atoms in total. The molecule has 1 amide bonds. The van der Waals surface area contributed by atoms with E-state index in [1.807, 2.05) is 0 Å². The Balaban J connectivity index is 1.86. The van der Waals surface area contributed by atoms with Crippen LogP contribution >= 0.6 is 11.8 Å². The molecular weight excluding hydrogens is 288 g/mol. The molecular formula is C14H22N4O2S. The van der Waals surface area contributed by atoms with Crippen molar-refractivity contribution in [3.05, 3.63) is 16.4 Å². The summed E-state index contributed by atoms with van der Waals surface area (Å²) in [5.41, 5.74) is 5.20. The van der Waals surface area contributed by atoms with Gasteiger partial charge < -0.3 is 16.0 Å². The minimum atomic E-state index is -0.305. The molecule has 0 saturated heterocycles. The predicted octanol–water partition coefficient (Wildman–Crippen LogP) is 1.39. The molecule has 2 rings (SSSR count). The number of nitrogen functional groups attached to an aromatic ring is 1. The SMILES string of the molecule is C[C@H]1[C@H](C)CCC[C@H]1NC(=O)CSc1nc(N)cc(=O)[nH]1. The zero-order chi connectivity index (χ0) is 15.4. The van der Waals surface area contributed by atoms with Crippen molar-refractivity contribution in [3.63, 3.8) is 0 Å². The molecule has 3 atom stereocenters. The first-order chi connectivity index (χ1) is 9.95. The van der Waals surface area contributed by atoms with Crippen LogP contribution in [-0.2, 0) is 4.79 Å². The van der Waals surface area contributed by atoms with E-state index in [9.17, 15) is 9.59 Å². The average Bonchev–Trinajstić information content (AvgIpc) is 2.41. The van der Waals surface area contributed by atoms with Crippen LogP contribution in [0.4, 0.5) is 5.82 Å². The van der Waals surface area contributed by atoms with Crippen LogP contribution in [0.3, 0.4) is 0 Å². The number of carbonyl (C=O) groups is 1. The van der Waals surface area contributed by atoms with Gasteiger partial charge in [-0.3, -0.25) is 9.59 Å². The van der Waals surface area contributed by atoms with Gasteiger partial charge in [-0.2, -0.15) is 0 Å². The molecule has 21 heavy (non-hydrogen) atoms. The number of anilines is 1. The number of nitrogens with one attached hydrogen (secondary N) is 2. The van der Waals surface area contributed by atoms with Crippen LogP contribution in [0.2, 0.25) is 0 Å². The van der Waals surface area contributed by atoms with Gasteiger partial charge in [0.15, 0.2) is 5.16 Å². The van der Waals surface area contributed by atoms with E-state index in [1.54, 1.807) is 0 Å². The van der Waals surface area contributed by atoms with Crippen molar-refractivity contribution >= 4 is 23.5 Å². The van der Waals surface area contributed by atoms with Crippen molar-refractivity contribution in [2.45, 2.75) is 44.3 Å². The Kier molecular flexibility index (Phi) is 5.27. The van der Waals surface area contributed by atoms with Gasteiger partial charge in [0, 0.05) is 12.1 Å². The highest BCUT2D eigenvalue weighted by molar-refractivity contribution is 7.99. The number of aromatic nitrogens is 2. The quantitative estimate of drug-likeness (QED) is 0.576. The largest absolute Gasteiger partial charge is 0.383 e. The van der Waals surface area contributed by atoms with Gasteiger partial charge in [-0.05, 0) is 18.3 Å². The Morgan fingerprint density at radius 2 is 2.29 bits per heavy atom. The Bertz CT molecular complexity index is 560. The van der Waals surface area contributed by atoms with E-state index >= 15 is 0 Å². The number of hydrogen-bond donors (Lipinski definition) is 3. The molecule has 1 fully saturated rings. The summed E-state index contributed by atoms with van der Waals surface area (Å²) in [6.45, 7) is 4.43. The zero-order valence-electron chi connectivity index (χ0n) is 12.4. The minimum Gasteiger partial charge on any atom is -0.383 e. The smallest absolute Gasteiger partial charge is 0.253 e. The summed E-state index contributed by atoms with van der Waals surface area (Å²) >= 11 is 1.19. The second kappa shape index (κ2) is 6.98. The number of nitrogens with zero attached hydrogens (tertiary/aromatic N) is 1. The molecule has 116 valence electrons. The first kappa shape index (κ1) is 15.9. The minimum absolute atomic E-state index is 0.0315. The molecule has 0 bridgehead atoms. The van der Waals surface area contributed by atoms with Gasteiger partial charge in [-0.1, -0.05) is 38.5 Å². The van der Waals surface area contributed by atoms with Crippen molar-refractivity contribution in [2.75, 3.05) is 11.5 Å². The van der Waals surface area contributed by atoms with Gasteiger partial charge in [0.2, 0.25) is 5.91 Å². The van der Waals surface area contributed by atoms with Crippen molar-refractivity contribution in [1.29, 1.82) is 0 Å². The number of carbonyl (C=O) groups excluding carboxylic acids is 1. The standard InChI is InChI=1S/C14H22N4O2S/c1-8-4-3-5-10(9(8)2)16-13(20)7-21-14-17-11(15)6-12(19)18-14/h6,8-10H,3-5,7H2,1-2H3,(H,16,20)(H3,15,17,18,19)/t8-,9+,10-/m1/s1. The number of H-pyrrole nitrogens is 1. The molecule has 0 aliphatic heterocycles. The number of amides is 1. The molecule has 7 heteroatoms. The first-order valence-electron chi connectivity index (χ1n) is 7.24. The molecule has 1 aliphatic rings. The van der Waals surface area contributed by atoms with E-state index < -0.39 is 0 Å². The van der Waals surface area contributed by atoms with Gasteiger partial charge in [-0.15, -0.1) is 0 Å². The Hall–Kier alpha value is -1.50. The van der Waals surface area contributed by atoms with Crippen LogP contribution in [0.15, 0.2) is 16.0 Å². The molecule has 1 aliphatic carbocycles. The average molecular weight is 310 g/mol. The van der Waals surface area contributed by atoms with Gasteiger partial charge in [-0.25, -0.2) is 4.98 Å². The van der Waals surface area contributed by atoms with Crippen LogP contribution < -0.4 is 16.6 Å². The van der Waals surface area contributed by atoms with Crippen molar-refractivity contribution in [2.24, 2.45) is 11.8 Å². The fourth-order valence-corrected chi connectivity index (χ4v) is 3.38. The van der Waals surface area contributed by atoms with Crippen molar-refractivity contribution < 1.29 is 4.79 Å². The maximum atomic E-state index is 12.0. The fourth-order valence-electron chi connectivity index (χ4n) is 2.69. The summed E-state index contributed by atoms with van der Waals surface area (Å²) in [6, 6.07) is 1.46.